The predicted molar refractivity (Wildman–Crippen MR) is 107 cm³/mol. The number of aromatic nitrogens is 3. The average Bonchev–Trinajstić information content (AvgIpc) is 3.39. The molecule has 128 valence electrons. The van der Waals surface area contributed by atoms with Gasteiger partial charge in [-0.1, -0.05) is 30.3 Å². The van der Waals surface area contributed by atoms with Gasteiger partial charge >= 0.3 is 0 Å². The summed E-state index contributed by atoms with van der Waals surface area (Å²) in [6.45, 7) is 0. The maximum atomic E-state index is 4.83. The van der Waals surface area contributed by atoms with Crippen molar-refractivity contribution in [2.75, 3.05) is 10.6 Å². The summed E-state index contributed by atoms with van der Waals surface area (Å²) in [6.07, 6.45) is 7.90. The summed E-state index contributed by atoms with van der Waals surface area (Å²) in [5.41, 5.74) is 3.99. The summed E-state index contributed by atoms with van der Waals surface area (Å²) in [5.74, 6) is 0.757. The summed E-state index contributed by atoms with van der Waals surface area (Å²) in [4.78, 5) is 13.6. The summed E-state index contributed by atoms with van der Waals surface area (Å²) in [5, 5.41) is 7.96. The highest BCUT2D eigenvalue weighted by atomic mass is 32.1. The van der Waals surface area contributed by atoms with Crippen LogP contribution in [0, 0.1) is 0 Å². The zero-order valence-corrected chi connectivity index (χ0v) is 14.8. The minimum absolute atomic E-state index is 0.575. The molecule has 0 unspecified atom stereocenters. The Labute approximate surface area is 155 Å². The van der Waals surface area contributed by atoms with E-state index in [1.165, 1.54) is 12.8 Å². The Morgan fingerprint density at radius 2 is 1.85 bits per heavy atom. The van der Waals surface area contributed by atoms with Gasteiger partial charge in [0.05, 0.1) is 22.3 Å². The fourth-order valence-corrected chi connectivity index (χ4v) is 3.81. The van der Waals surface area contributed by atoms with Gasteiger partial charge in [-0.2, -0.15) is 0 Å². The first kappa shape index (κ1) is 15.3. The van der Waals surface area contributed by atoms with Gasteiger partial charge in [0, 0.05) is 24.0 Å². The van der Waals surface area contributed by atoms with Crippen molar-refractivity contribution in [3.63, 3.8) is 0 Å². The molecular weight excluding hydrogens is 342 g/mol. The lowest BCUT2D eigenvalue weighted by molar-refractivity contribution is 1.15. The summed E-state index contributed by atoms with van der Waals surface area (Å²) in [7, 11) is 0. The number of nitrogens with one attached hydrogen (secondary N) is 2. The number of hydrogen-bond donors (Lipinski definition) is 2. The van der Waals surface area contributed by atoms with Gasteiger partial charge in [-0.25, -0.2) is 9.97 Å². The summed E-state index contributed by atoms with van der Waals surface area (Å²) in [6, 6.07) is 14.8. The molecule has 0 saturated heterocycles. The Morgan fingerprint density at radius 1 is 0.962 bits per heavy atom. The van der Waals surface area contributed by atoms with Gasteiger partial charge in [-0.15, -0.1) is 11.3 Å². The lowest BCUT2D eigenvalue weighted by Crippen LogP contribution is -2.05. The van der Waals surface area contributed by atoms with Crippen LogP contribution in [-0.4, -0.2) is 21.0 Å². The van der Waals surface area contributed by atoms with E-state index in [1.807, 2.05) is 42.7 Å². The highest BCUT2D eigenvalue weighted by Gasteiger charge is 2.22. The lowest BCUT2D eigenvalue weighted by atomic mass is 10.2. The van der Waals surface area contributed by atoms with E-state index in [0.717, 1.165) is 38.0 Å². The number of nitrogens with zero attached hydrogens (tertiary/aromatic N) is 3. The van der Waals surface area contributed by atoms with Crippen LogP contribution in [0.1, 0.15) is 12.8 Å². The number of pyridine rings is 2. The molecule has 1 aliphatic rings. The summed E-state index contributed by atoms with van der Waals surface area (Å²) < 4.78 is 1.11. The largest absolute Gasteiger partial charge is 0.381 e. The van der Waals surface area contributed by atoms with Crippen LogP contribution in [0.2, 0.25) is 0 Å². The molecule has 2 N–H and O–H groups in total. The molecular formula is C20H17N5S. The van der Waals surface area contributed by atoms with Crippen LogP contribution in [0.15, 0.2) is 61.1 Å². The van der Waals surface area contributed by atoms with Crippen LogP contribution in [0.3, 0.4) is 0 Å². The highest BCUT2D eigenvalue weighted by Crippen LogP contribution is 2.35. The minimum Gasteiger partial charge on any atom is -0.381 e. The molecule has 0 amide bonds. The van der Waals surface area contributed by atoms with E-state index in [-0.39, 0.29) is 0 Å². The third-order valence-corrected chi connectivity index (χ3v) is 5.41. The van der Waals surface area contributed by atoms with Crippen molar-refractivity contribution in [2.45, 2.75) is 18.9 Å². The number of thiazole rings is 1. The zero-order valence-electron chi connectivity index (χ0n) is 14.0. The Kier molecular flexibility index (Phi) is 3.75. The van der Waals surface area contributed by atoms with Crippen molar-refractivity contribution in [1.29, 1.82) is 0 Å². The second kappa shape index (κ2) is 6.38. The van der Waals surface area contributed by atoms with Crippen molar-refractivity contribution in [1.82, 2.24) is 15.0 Å². The van der Waals surface area contributed by atoms with Crippen molar-refractivity contribution < 1.29 is 0 Å². The van der Waals surface area contributed by atoms with Gasteiger partial charge in [0.15, 0.2) is 5.82 Å². The van der Waals surface area contributed by atoms with Crippen LogP contribution in [0.5, 0.6) is 0 Å². The third-order valence-electron chi connectivity index (χ3n) is 4.34. The van der Waals surface area contributed by atoms with Gasteiger partial charge in [0.2, 0.25) is 0 Å². The quantitative estimate of drug-likeness (QED) is 0.521. The van der Waals surface area contributed by atoms with Crippen LogP contribution < -0.4 is 10.6 Å². The lowest BCUT2D eigenvalue weighted by Gasteiger charge is -2.12. The number of fused-ring (bicyclic) bond motifs is 1. The Balaban J connectivity index is 1.52. The smallest absolute Gasteiger partial charge is 0.157 e. The molecule has 1 aliphatic carbocycles. The molecule has 1 fully saturated rings. The molecule has 4 aromatic rings. The van der Waals surface area contributed by atoms with Crippen molar-refractivity contribution in [2.24, 2.45) is 0 Å². The molecule has 5 nitrogen and oxygen atoms in total. The van der Waals surface area contributed by atoms with Gasteiger partial charge < -0.3 is 10.6 Å². The average molecular weight is 359 g/mol. The first-order valence-electron chi connectivity index (χ1n) is 8.65. The maximum Gasteiger partial charge on any atom is 0.157 e. The van der Waals surface area contributed by atoms with Crippen LogP contribution in [0.25, 0.3) is 20.8 Å². The van der Waals surface area contributed by atoms with E-state index < -0.39 is 0 Å². The number of benzene rings is 1. The van der Waals surface area contributed by atoms with Crippen LogP contribution in [-0.2, 0) is 0 Å². The van der Waals surface area contributed by atoms with E-state index in [9.17, 15) is 0 Å². The molecule has 1 saturated carbocycles. The van der Waals surface area contributed by atoms with E-state index >= 15 is 0 Å². The Hall–Kier alpha value is -2.99. The van der Waals surface area contributed by atoms with Crippen molar-refractivity contribution in [3.8, 4) is 10.6 Å². The second-order valence-electron chi connectivity index (χ2n) is 6.36. The van der Waals surface area contributed by atoms with Crippen molar-refractivity contribution >= 4 is 38.7 Å². The van der Waals surface area contributed by atoms with E-state index in [2.05, 4.69) is 32.7 Å². The Morgan fingerprint density at radius 3 is 2.69 bits per heavy atom. The molecule has 5 rings (SSSR count). The topological polar surface area (TPSA) is 62.7 Å². The minimum atomic E-state index is 0.575. The molecule has 3 heterocycles. The molecule has 0 atom stereocenters. The SMILES string of the molecule is c1ccc(-c2nc3c(Nc4cnccc4NC4CC4)nccc3s2)cc1. The fraction of sp³-hybridized carbons (Fsp3) is 0.150. The number of rotatable bonds is 5. The highest BCUT2D eigenvalue weighted by molar-refractivity contribution is 7.21. The Bertz CT molecular complexity index is 1060. The first-order valence-corrected chi connectivity index (χ1v) is 9.47. The van der Waals surface area contributed by atoms with Gasteiger partial charge in [0.1, 0.15) is 10.5 Å². The predicted octanol–water partition coefficient (Wildman–Crippen LogP) is 5.07. The standard InChI is InChI=1S/C20H17N5S/c1-2-4-13(5-3-1)20-25-18-17(26-20)9-11-22-19(18)24-16-12-21-10-8-15(16)23-14-6-7-14/h1-5,8-12,14H,6-7H2,(H,21,23)(H,22,24). The van der Waals surface area contributed by atoms with Gasteiger partial charge in [-0.05, 0) is 25.0 Å². The fourth-order valence-electron chi connectivity index (χ4n) is 2.85. The molecule has 0 bridgehead atoms. The van der Waals surface area contributed by atoms with E-state index in [0.29, 0.717) is 6.04 Å². The first-order chi connectivity index (χ1) is 12.9. The van der Waals surface area contributed by atoms with Crippen LogP contribution >= 0.6 is 11.3 Å². The molecule has 6 heteroatoms. The molecule has 0 aliphatic heterocycles. The molecule has 0 radical (unpaired) electrons. The van der Waals surface area contributed by atoms with E-state index in [1.54, 1.807) is 17.5 Å². The molecule has 3 aromatic heterocycles. The molecule has 1 aromatic carbocycles. The normalized spacial score (nSPS) is 13.7. The van der Waals surface area contributed by atoms with Gasteiger partial charge in [0.25, 0.3) is 0 Å². The van der Waals surface area contributed by atoms with Gasteiger partial charge in [-0.3, -0.25) is 4.98 Å². The molecule has 0 spiro atoms. The van der Waals surface area contributed by atoms with E-state index in [4.69, 9.17) is 4.98 Å². The summed E-state index contributed by atoms with van der Waals surface area (Å²) >= 11 is 1.68. The monoisotopic (exact) mass is 359 g/mol. The number of anilines is 3. The number of hydrogen-bond acceptors (Lipinski definition) is 6. The van der Waals surface area contributed by atoms with Crippen LogP contribution in [0.4, 0.5) is 17.2 Å². The molecule has 26 heavy (non-hydrogen) atoms. The van der Waals surface area contributed by atoms with Crippen molar-refractivity contribution in [3.05, 3.63) is 61.1 Å². The third kappa shape index (κ3) is 2.99. The zero-order chi connectivity index (χ0) is 17.3. The maximum absolute atomic E-state index is 4.83. The second-order valence-corrected chi connectivity index (χ2v) is 7.39.